The van der Waals surface area contributed by atoms with Crippen molar-refractivity contribution in [3.05, 3.63) is 29.8 Å². The highest BCUT2D eigenvalue weighted by atomic mass is 19.3. The predicted molar refractivity (Wildman–Crippen MR) is 95.7 cm³/mol. The third-order valence-corrected chi connectivity index (χ3v) is 5.07. The van der Waals surface area contributed by atoms with Gasteiger partial charge in [0.05, 0.1) is 6.04 Å². The minimum absolute atomic E-state index is 0.0290. The maximum atomic E-state index is 12.7. The van der Waals surface area contributed by atoms with Gasteiger partial charge in [-0.2, -0.15) is 8.78 Å². The minimum Gasteiger partial charge on any atom is -0.435 e. The van der Waals surface area contributed by atoms with Gasteiger partial charge in [0.2, 0.25) is 5.91 Å². The average Bonchev–Trinajstić information content (AvgIpc) is 3.21. The van der Waals surface area contributed by atoms with Crippen LogP contribution in [0.5, 0.6) is 5.75 Å². The highest BCUT2D eigenvalue weighted by Gasteiger charge is 2.27. The number of likely N-dealkylation sites (tertiary alicyclic amines) is 1. The molecule has 0 bridgehead atoms. The van der Waals surface area contributed by atoms with Gasteiger partial charge in [-0.1, -0.05) is 0 Å². The highest BCUT2D eigenvalue weighted by molar-refractivity contribution is 5.94. The van der Waals surface area contributed by atoms with Crippen LogP contribution in [-0.4, -0.2) is 55.5 Å². The number of alkyl halides is 2. The summed E-state index contributed by atoms with van der Waals surface area (Å²) in [6.45, 7) is -0.216. The van der Waals surface area contributed by atoms with Crippen LogP contribution in [0.2, 0.25) is 0 Å². The number of carbonyl (C=O) groups is 2. The largest absolute Gasteiger partial charge is 0.435 e. The van der Waals surface area contributed by atoms with Crippen LogP contribution in [0.15, 0.2) is 24.3 Å². The lowest BCUT2D eigenvalue weighted by Gasteiger charge is -2.33. The van der Waals surface area contributed by atoms with Crippen molar-refractivity contribution in [2.75, 3.05) is 26.2 Å². The molecule has 8 heteroatoms. The summed E-state index contributed by atoms with van der Waals surface area (Å²) in [6, 6.07) is 5.64. The van der Waals surface area contributed by atoms with Crippen molar-refractivity contribution in [3.8, 4) is 5.75 Å². The molecule has 0 radical (unpaired) electrons. The molecule has 2 amide bonds. The molecular weight excluding hydrogens is 356 g/mol. The van der Waals surface area contributed by atoms with Crippen LogP contribution >= 0.6 is 0 Å². The number of nitrogens with zero attached hydrogens (tertiary/aromatic N) is 1. The Bertz CT molecular complexity index is 648. The zero-order chi connectivity index (χ0) is 19.2. The monoisotopic (exact) mass is 381 g/mol. The summed E-state index contributed by atoms with van der Waals surface area (Å²) in [7, 11) is 0. The van der Waals surface area contributed by atoms with Gasteiger partial charge in [-0.25, -0.2) is 0 Å². The molecule has 2 heterocycles. The Morgan fingerprint density at radius 2 is 2.00 bits per heavy atom. The molecule has 0 saturated carbocycles. The SMILES string of the molecule is O=C(NCC1CCCN(C(=O)c2ccc(OC(F)F)cc2)C1)C1CCCN1. The van der Waals surface area contributed by atoms with Crippen molar-refractivity contribution in [2.24, 2.45) is 5.92 Å². The molecule has 2 saturated heterocycles. The first kappa shape index (κ1) is 19.5. The molecule has 27 heavy (non-hydrogen) atoms. The summed E-state index contributed by atoms with van der Waals surface area (Å²) in [4.78, 5) is 26.5. The zero-order valence-electron chi connectivity index (χ0n) is 15.1. The Kier molecular flexibility index (Phi) is 6.60. The fourth-order valence-electron chi connectivity index (χ4n) is 3.65. The molecule has 2 fully saturated rings. The molecule has 2 aliphatic rings. The molecule has 2 atom stereocenters. The van der Waals surface area contributed by atoms with E-state index < -0.39 is 6.61 Å². The first-order chi connectivity index (χ1) is 13.0. The minimum atomic E-state index is -2.89. The van der Waals surface area contributed by atoms with Gasteiger partial charge in [0.25, 0.3) is 5.91 Å². The fraction of sp³-hybridized carbons (Fsp3) is 0.579. The summed E-state index contributed by atoms with van der Waals surface area (Å²) in [5, 5.41) is 6.17. The van der Waals surface area contributed by atoms with Gasteiger partial charge in [-0.15, -0.1) is 0 Å². The number of rotatable bonds is 6. The topological polar surface area (TPSA) is 70.7 Å². The van der Waals surface area contributed by atoms with Crippen molar-refractivity contribution < 1.29 is 23.1 Å². The Balaban J connectivity index is 1.50. The lowest BCUT2D eigenvalue weighted by Crippen LogP contribution is -2.46. The number of benzene rings is 1. The number of hydrogen-bond donors (Lipinski definition) is 2. The van der Waals surface area contributed by atoms with E-state index in [4.69, 9.17) is 0 Å². The van der Waals surface area contributed by atoms with Crippen LogP contribution in [0.1, 0.15) is 36.0 Å². The average molecular weight is 381 g/mol. The third kappa shape index (κ3) is 5.38. The van der Waals surface area contributed by atoms with Gasteiger partial charge in [-0.3, -0.25) is 9.59 Å². The van der Waals surface area contributed by atoms with E-state index in [1.165, 1.54) is 24.3 Å². The molecular formula is C19H25F2N3O3. The number of nitrogens with one attached hydrogen (secondary N) is 2. The maximum absolute atomic E-state index is 12.7. The number of ether oxygens (including phenoxy) is 1. The Hall–Kier alpha value is -2.22. The third-order valence-electron chi connectivity index (χ3n) is 5.07. The van der Waals surface area contributed by atoms with Crippen molar-refractivity contribution in [3.63, 3.8) is 0 Å². The molecule has 2 N–H and O–H groups in total. The van der Waals surface area contributed by atoms with Crippen LogP contribution in [0.4, 0.5) is 8.78 Å². The number of amides is 2. The molecule has 3 rings (SSSR count). The van der Waals surface area contributed by atoms with E-state index in [1.54, 1.807) is 4.90 Å². The summed E-state index contributed by atoms with van der Waals surface area (Å²) in [5.41, 5.74) is 0.441. The van der Waals surface area contributed by atoms with E-state index in [1.807, 2.05) is 0 Å². The number of piperidine rings is 1. The molecule has 0 aromatic heterocycles. The Morgan fingerprint density at radius 3 is 2.67 bits per heavy atom. The molecule has 6 nitrogen and oxygen atoms in total. The van der Waals surface area contributed by atoms with E-state index in [0.717, 1.165) is 32.2 Å². The molecule has 0 spiro atoms. The van der Waals surface area contributed by atoms with Gasteiger partial charge in [-0.05, 0) is 62.4 Å². The van der Waals surface area contributed by atoms with Crippen LogP contribution in [0.25, 0.3) is 0 Å². The number of hydrogen-bond acceptors (Lipinski definition) is 4. The summed E-state index contributed by atoms with van der Waals surface area (Å²) in [5.74, 6) is 0.147. The second kappa shape index (κ2) is 9.12. The highest BCUT2D eigenvalue weighted by Crippen LogP contribution is 2.20. The molecule has 1 aromatic rings. The predicted octanol–water partition coefficient (Wildman–Crippen LogP) is 2.01. The molecule has 2 unspecified atom stereocenters. The fourth-order valence-corrected chi connectivity index (χ4v) is 3.65. The maximum Gasteiger partial charge on any atom is 0.387 e. The first-order valence-corrected chi connectivity index (χ1v) is 9.38. The van der Waals surface area contributed by atoms with Crippen LogP contribution in [-0.2, 0) is 4.79 Å². The summed E-state index contributed by atoms with van der Waals surface area (Å²) >= 11 is 0. The van der Waals surface area contributed by atoms with Crippen LogP contribution < -0.4 is 15.4 Å². The lowest BCUT2D eigenvalue weighted by molar-refractivity contribution is -0.123. The van der Waals surface area contributed by atoms with E-state index >= 15 is 0 Å². The zero-order valence-corrected chi connectivity index (χ0v) is 15.1. The normalized spacial score (nSPS) is 22.7. The van der Waals surface area contributed by atoms with Crippen LogP contribution in [0.3, 0.4) is 0 Å². The van der Waals surface area contributed by atoms with Crippen molar-refractivity contribution >= 4 is 11.8 Å². The van der Waals surface area contributed by atoms with E-state index in [9.17, 15) is 18.4 Å². The second-order valence-electron chi connectivity index (χ2n) is 7.06. The van der Waals surface area contributed by atoms with Crippen molar-refractivity contribution in [2.45, 2.75) is 38.3 Å². The van der Waals surface area contributed by atoms with Gasteiger partial charge in [0.1, 0.15) is 5.75 Å². The Morgan fingerprint density at radius 1 is 1.22 bits per heavy atom. The van der Waals surface area contributed by atoms with Crippen molar-refractivity contribution in [1.82, 2.24) is 15.5 Å². The van der Waals surface area contributed by atoms with Crippen molar-refractivity contribution in [1.29, 1.82) is 0 Å². The molecule has 2 aliphatic heterocycles. The van der Waals surface area contributed by atoms with Gasteiger partial charge in [0.15, 0.2) is 0 Å². The number of halogens is 2. The van der Waals surface area contributed by atoms with E-state index in [0.29, 0.717) is 25.2 Å². The Labute approximate surface area is 157 Å². The quantitative estimate of drug-likeness (QED) is 0.791. The molecule has 148 valence electrons. The molecule has 0 aliphatic carbocycles. The van der Waals surface area contributed by atoms with Gasteiger partial charge in [0, 0.05) is 25.2 Å². The number of carbonyl (C=O) groups excluding carboxylic acids is 2. The van der Waals surface area contributed by atoms with Gasteiger partial charge < -0.3 is 20.3 Å². The van der Waals surface area contributed by atoms with Gasteiger partial charge >= 0.3 is 6.61 Å². The first-order valence-electron chi connectivity index (χ1n) is 9.38. The standard InChI is InChI=1S/C19H25F2N3O3/c20-19(21)27-15-7-5-14(6-8-15)18(26)24-10-2-3-13(12-24)11-23-17(25)16-4-1-9-22-16/h5-8,13,16,19,22H,1-4,9-12H2,(H,23,25). The summed E-state index contributed by atoms with van der Waals surface area (Å²) in [6.07, 6.45) is 3.72. The second-order valence-corrected chi connectivity index (χ2v) is 7.06. The molecule has 1 aromatic carbocycles. The van der Waals surface area contributed by atoms with E-state index in [2.05, 4.69) is 15.4 Å². The van der Waals surface area contributed by atoms with E-state index in [-0.39, 0.29) is 29.5 Å². The lowest BCUT2D eigenvalue weighted by atomic mass is 9.97. The smallest absolute Gasteiger partial charge is 0.387 e. The summed E-state index contributed by atoms with van der Waals surface area (Å²) < 4.78 is 28.7. The van der Waals surface area contributed by atoms with Crippen LogP contribution in [0, 0.1) is 5.92 Å².